The molecule has 7 nitrogen and oxygen atoms in total. The van der Waals surface area contributed by atoms with E-state index in [1.807, 2.05) is 36.4 Å². The van der Waals surface area contributed by atoms with Gasteiger partial charge in [0.1, 0.15) is 27.5 Å². The second kappa shape index (κ2) is 10.9. The first kappa shape index (κ1) is 26.0. The molecular formula is C26H22F3N3O4S. The summed E-state index contributed by atoms with van der Waals surface area (Å²) in [6.45, 7) is 0.0433. The minimum atomic E-state index is -4.83. The number of anilines is 2. The molecule has 192 valence electrons. The number of nitrogens with one attached hydrogen (secondary N) is 1. The van der Waals surface area contributed by atoms with E-state index in [1.54, 1.807) is 14.2 Å². The van der Waals surface area contributed by atoms with Crippen LogP contribution in [-0.2, 0) is 4.79 Å². The minimum Gasteiger partial charge on any atom is -0.497 e. The van der Waals surface area contributed by atoms with E-state index in [0.717, 1.165) is 23.1 Å². The topological polar surface area (TPSA) is 80.8 Å². The van der Waals surface area contributed by atoms with Gasteiger partial charge in [0.2, 0.25) is 0 Å². The summed E-state index contributed by atoms with van der Waals surface area (Å²) in [6, 6.07) is 16.1. The average Bonchev–Trinajstić information content (AvgIpc) is 3.26. The Morgan fingerprint density at radius 3 is 2.51 bits per heavy atom. The third kappa shape index (κ3) is 5.83. The highest BCUT2D eigenvalue weighted by Crippen LogP contribution is 2.38. The molecule has 0 unspecified atom stereocenters. The van der Waals surface area contributed by atoms with E-state index in [2.05, 4.69) is 10.1 Å². The summed E-state index contributed by atoms with van der Waals surface area (Å²) in [5.74, 6) is -0.137. The van der Waals surface area contributed by atoms with Gasteiger partial charge in [0.15, 0.2) is 0 Å². The SMILES string of the molecule is CNc1c(C(=O)N(CCC=O)c2ccc(OC(F)(F)F)cc2)sc2nc(-c3cccc(OC)c3)ccc12. The number of carbonyl (C=O) groups excluding carboxylic acids is 2. The fraction of sp³-hybridized carbons (Fsp3) is 0.192. The molecule has 2 heterocycles. The van der Waals surface area contributed by atoms with Crippen LogP contribution in [-0.4, -0.2) is 44.2 Å². The van der Waals surface area contributed by atoms with Crippen molar-refractivity contribution in [1.82, 2.24) is 4.98 Å². The van der Waals surface area contributed by atoms with Crippen LogP contribution in [0.15, 0.2) is 60.7 Å². The van der Waals surface area contributed by atoms with Gasteiger partial charge >= 0.3 is 6.36 Å². The maximum atomic E-state index is 13.7. The van der Waals surface area contributed by atoms with Crippen molar-refractivity contribution in [3.8, 4) is 22.8 Å². The largest absolute Gasteiger partial charge is 0.573 e. The summed E-state index contributed by atoms with van der Waals surface area (Å²) < 4.78 is 46.8. The van der Waals surface area contributed by atoms with Crippen molar-refractivity contribution < 1.29 is 32.2 Å². The summed E-state index contributed by atoms with van der Waals surface area (Å²) in [6.07, 6.45) is -4.11. The van der Waals surface area contributed by atoms with Gasteiger partial charge < -0.3 is 24.5 Å². The number of hydrogen-bond acceptors (Lipinski definition) is 7. The molecule has 0 aliphatic heterocycles. The van der Waals surface area contributed by atoms with Gasteiger partial charge in [0, 0.05) is 36.7 Å². The molecule has 0 atom stereocenters. The molecule has 11 heteroatoms. The monoisotopic (exact) mass is 529 g/mol. The number of benzene rings is 2. The van der Waals surface area contributed by atoms with E-state index in [4.69, 9.17) is 9.72 Å². The Hall–Kier alpha value is -4.12. The maximum Gasteiger partial charge on any atom is 0.573 e. The van der Waals surface area contributed by atoms with Crippen molar-refractivity contribution in [2.45, 2.75) is 12.8 Å². The van der Waals surface area contributed by atoms with Crippen LogP contribution in [0.2, 0.25) is 0 Å². The van der Waals surface area contributed by atoms with Crippen LogP contribution >= 0.6 is 11.3 Å². The molecule has 4 rings (SSSR count). The zero-order valence-corrected chi connectivity index (χ0v) is 20.7. The molecule has 0 saturated carbocycles. The first-order valence-corrected chi connectivity index (χ1v) is 11.9. The number of alkyl halides is 3. The van der Waals surface area contributed by atoms with Gasteiger partial charge in [0.05, 0.1) is 18.5 Å². The number of halogens is 3. The number of fused-ring (bicyclic) bond motifs is 1. The minimum absolute atomic E-state index is 0.0433. The molecule has 2 aromatic carbocycles. The zero-order chi connectivity index (χ0) is 26.6. The van der Waals surface area contributed by atoms with Crippen molar-refractivity contribution in [1.29, 1.82) is 0 Å². The lowest BCUT2D eigenvalue weighted by Crippen LogP contribution is -2.32. The lowest BCUT2D eigenvalue weighted by atomic mass is 10.1. The van der Waals surface area contributed by atoms with E-state index >= 15 is 0 Å². The third-order valence-corrected chi connectivity index (χ3v) is 6.55. The highest BCUT2D eigenvalue weighted by atomic mass is 32.1. The molecule has 0 bridgehead atoms. The number of amides is 1. The van der Waals surface area contributed by atoms with Crippen LogP contribution in [0.25, 0.3) is 21.5 Å². The van der Waals surface area contributed by atoms with Gasteiger partial charge in [-0.05, 0) is 48.5 Å². The molecule has 37 heavy (non-hydrogen) atoms. The maximum absolute atomic E-state index is 13.7. The second-order valence-corrected chi connectivity index (χ2v) is 8.79. The number of pyridine rings is 1. The van der Waals surface area contributed by atoms with E-state index in [9.17, 15) is 22.8 Å². The Morgan fingerprint density at radius 2 is 1.86 bits per heavy atom. The Labute approximate surface area is 214 Å². The summed E-state index contributed by atoms with van der Waals surface area (Å²) in [4.78, 5) is 31.8. The molecule has 0 saturated heterocycles. The summed E-state index contributed by atoms with van der Waals surface area (Å²) >= 11 is 1.18. The normalized spacial score (nSPS) is 11.3. The lowest BCUT2D eigenvalue weighted by molar-refractivity contribution is -0.274. The van der Waals surface area contributed by atoms with Crippen LogP contribution in [0, 0.1) is 0 Å². The fourth-order valence-electron chi connectivity index (χ4n) is 3.80. The third-order valence-electron chi connectivity index (χ3n) is 5.46. The highest BCUT2D eigenvalue weighted by molar-refractivity contribution is 7.21. The Kier molecular flexibility index (Phi) is 7.63. The molecule has 1 N–H and O–H groups in total. The molecule has 0 spiro atoms. The van der Waals surface area contributed by atoms with Crippen molar-refractivity contribution in [3.63, 3.8) is 0 Å². The van der Waals surface area contributed by atoms with Crippen LogP contribution in [0.1, 0.15) is 16.1 Å². The summed E-state index contributed by atoms with van der Waals surface area (Å²) in [5.41, 5.74) is 2.45. The molecule has 4 aromatic rings. The molecule has 0 fully saturated rings. The number of aldehydes is 1. The number of hydrogen-bond donors (Lipinski definition) is 1. The van der Waals surface area contributed by atoms with Crippen molar-refractivity contribution in [2.24, 2.45) is 0 Å². The fourth-order valence-corrected chi connectivity index (χ4v) is 4.93. The van der Waals surface area contributed by atoms with Gasteiger partial charge in [0.25, 0.3) is 5.91 Å². The predicted octanol–water partition coefficient (Wildman–Crippen LogP) is 6.15. The van der Waals surface area contributed by atoms with Crippen LogP contribution in [0.5, 0.6) is 11.5 Å². The summed E-state index contributed by atoms with van der Waals surface area (Å²) in [7, 11) is 3.27. The predicted molar refractivity (Wildman–Crippen MR) is 137 cm³/mol. The molecule has 0 aliphatic rings. The first-order valence-electron chi connectivity index (χ1n) is 11.1. The number of thiophene rings is 1. The first-order chi connectivity index (χ1) is 17.7. The highest BCUT2D eigenvalue weighted by Gasteiger charge is 2.31. The van der Waals surface area contributed by atoms with E-state index in [-0.39, 0.29) is 13.0 Å². The summed E-state index contributed by atoms with van der Waals surface area (Å²) in [5, 5.41) is 3.81. The Bertz CT molecular complexity index is 1420. The van der Waals surface area contributed by atoms with Gasteiger partial charge in [-0.25, -0.2) is 4.98 Å². The van der Waals surface area contributed by atoms with Gasteiger partial charge in [-0.15, -0.1) is 24.5 Å². The van der Waals surface area contributed by atoms with Crippen LogP contribution in [0.3, 0.4) is 0 Å². The smallest absolute Gasteiger partial charge is 0.497 e. The van der Waals surface area contributed by atoms with E-state index in [0.29, 0.717) is 38.8 Å². The van der Waals surface area contributed by atoms with Gasteiger partial charge in [-0.3, -0.25) is 4.79 Å². The van der Waals surface area contributed by atoms with Crippen molar-refractivity contribution in [3.05, 3.63) is 65.5 Å². The second-order valence-electron chi connectivity index (χ2n) is 7.79. The number of ether oxygens (including phenoxy) is 2. The van der Waals surface area contributed by atoms with Crippen molar-refractivity contribution in [2.75, 3.05) is 30.9 Å². The molecule has 0 radical (unpaired) electrons. The Balaban J connectivity index is 1.71. The standard InChI is InChI=1S/C26H22F3N3O4S/c1-30-22-20-11-12-21(16-5-3-6-19(15-16)35-2)31-24(20)37-23(22)25(34)32(13-4-14-33)17-7-9-18(10-8-17)36-26(27,28)29/h3,5-12,14-15,30H,4,13H2,1-2H3. The number of nitrogens with zero attached hydrogens (tertiary/aromatic N) is 2. The molecule has 0 aliphatic carbocycles. The van der Waals surface area contributed by atoms with Crippen LogP contribution in [0.4, 0.5) is 24.5 Å². The van der Waals surface area contributed by atoms with Crippen molar-refractivity contribution >= 4 is 45.1 Å². The Morgan fingerprint density at radius 1 is 1.11 bits per heavy atom. The molecule has 1 amide bonds. The number of methoxy groups -OCH3 is 1. The molecule has 2 aromatic heterocycles. The van der Waals surface area contributed by atoms with E-state index in [1.165, 1.54) is 28.4 Å². The lowest BCUT2D eigenvalue weighted by Gasteiger charge is -2.22. The quantitative estimate of drug-likeness (QED) is 0.262. The van der Waals surface area contributed by atoms with Crippen LogP contribution < -0.4 is 19.7 Å². The van der Waals surface area contributed by atoms with E-state index < -0.39 is 18.0 Å². The zero-order valence-electron chi connectivity index (χ0n) is 19.8. The average molecular weight is 530 g/mol. The molecular weight excluding hydrogens is 507 g/mol. The number of rotatable bonds is 9. The number of aromatic nitrogens is 1. The van der Waals surface area contributed by atoms with Gasteiger partial charge in [-0.1, -0.05) is 12.1 Å². The van der Waals surface area contributed by atoms with Gasteiger partial charge in [-0.2, -0.15) is 0 Å². The number of carbonyl (C=O) groups is 2.